The van der Waals surface area contributed by atoms with Crippen LogP contribution in [0.2, 0.25) is 0 Å². The van der Waals surface area contributed by atoms with Crippen LogP contribution in [-0.4, -0.2) is 35.7 Å². The molecule has 2 heteroatoms. The summed E-state index contributed by atoms with van der Waals surface area (Å²) in [6.07, 6.45) is 7.03. The van der Waals surface area contributed by atoms with Crippen molar-refractivity contribution in [2.45, 2.75) is 44.6 Å². The van der Waals surface area contributed by atoms with E-state index >= 15 is 0 Å². The zero-order chi connectivity index (χ0) is 13.1. The molecule has 3 rings (SSSR count). The van der Waals surface area contributed by atoms with E-state index in [-0.39, 0.29) is 6.10 Å². The van der Waals surface area contributed by atoms with E-state index in [1.54, 1.807) is 0 Å². The quantitative estimate of drug-likeness (QED) is 0.902. The van der Waals surface area contributed by atoms with Crippen LogP contribution < -0.4 is 0 Å². The van der Waals surface area contributed by atoms with Crippen LogP contribution in [0.5, 0.6) is 0 Å². The van der Waals surface area contributed by atoms with Gasteiger partial charge in [-0.2, -0.15) is 0 Å². The second-order valence-electron chi connectivity index (χ2n) is 6.20. The van der Waals surface area contributed by atoms with E-state index in [0.29, 0.717) is 5.92 Å². The van der Waals surface area contributed by atoms with Gasteiger partial charge >= 0.3 is 0 Å². The molecule has 0 spiro atoms. The van der Waals surface area contributed by atoms with Crippen LogP contribution in [0.25, 0.3) is 0 Å². The predicted octanol–water partition coefficient (Wildman–Crippen LogP) is 2.64. The molecular weight excluding hydrogens is 234 g/mol. The van der Waals surface area contributed by atoms with Gasteiger partial charge < -0.3 is 10.0 Å². The van der Waals surface area contributed by atoms with Crippen LogP contribution in [0.1, 0.15) is 36.8 Å². The molecule has 1 aromatic carbocycles. The Morgan fingerprint density at radius 1 is 1.00 bits per heavy atom. The molecule has 1 aliphatic carbocycles. The summed E-state index contributed by atoms with van der Waals surface area (Å²) in [5.41, 5.74) is 2.81. The second-order valence-corrected chi connectivity index (χ2v) is 6.20. The summed E-state index contributed by atoms with van der Waals surface area (Å²) in [5.74, 6) is 0.455. The molecule has 1 heterocycles. The topological polar surface area (TPSA) is 23.5 Å². The highest BCUT2D eigenvalue weighted by atomic mass is 16.3. The fourth-order valence-corrected chi connectivity index (χ4v) is 3.59. The maximum atomic E-state index is 10.3. The number of hydrogen-bond acceptors (Lipinski definition) is 2. The van der Waals surface area contributed by atoms with Gasteiger partial charge in [0.1, 0.15) is 0 Å². The number of hydrogen-bond donors (Lipinski definition) is 1. The first-order chi connectivity index (χ1) is 9.33. The Bertz CT molecular complexity index is 411. The SMILES string of the molecule is O[C@H]1Cc2ccccc2C[C@@H]1CCN1CCCCC1. The van der Waals surface area contributed by atoms with Gasteiger partial charge in [-0.05, 0) is 68.8 Å². The lowest BCUT2D eigenvalue weighted by Gasteiger charge is -2.33. The lowest BCUT2D eigenvalue weighted by Crippen LogP contribution is -2.36. The summed E-state index contributed by atoms with van der Waals surface area (Å²) in [6, 6.07) is 8.60. The Morgan fingerprint density at radius 2 is 1.68 bits per heavy atom. The third-order valence-corrected chi connectivity index (χ3v) is 4.84. The van der Waals surface area contributed by atoms with Crippen LogP contribution in [-0.2, 0) is 12.8 Å². The summed E-state index contributed by atoms with van der Waals surface area (Å²) in [6.45, 7) is 3.70. The molecule has 2 aliphatic rings. The molecule has 2 nitrogen and oxygen atoms in total. The van der Waals surface area contributed by atoms with Crippen molar-refractivity contribution in [3.05, 3.63) is 35.4 Å². The first-order valence-electron chi connectivity index (χ1n) is 7.80. The maximum absolute atomic E-state index is 10.3. The first kappa shape index (κ1) is 13.1. The van der Waals surface area contributed by atoms with Crippen molar-refractivity contribution in [3.63, 3.8) is 0 Å². The van der Waals surface area contributed by atoms with Gasteiger partial charge in [0.05, 0.1) is 6.10 Å². The zero-order valence-corrected chi connectivity index (χ0v) is 11.7. The Balaban J connectivity index is 1.56. The van der Waals surface area contributed by atoms with E-state index in [1.165, 1.54) is 50.0 Å². The molecule has 0 unspecified atom stereocenters. The molecule has 1 aliphatic heterocycles. The van der Waals surface area contributed by atoms with E-state index in [0.717, 1.165) is 19.3 Å². The highest BCUT2D eigenvalue weighted by molar-refractivity contribution is 5.30. The lowest BCUT2D eigenvalue weighted by atomic mass is 9.80. The van der Waals surface area contributed by atoms with Crippen LogP contribution in [0.15, 0.2) is 24.3 Å². The van der Waals surface area contributed by atoms with Gasteiger partial charge in [-0.25, -0.2) is 0 Å². The Hall–Kier alpha value is -0.860. The Labute approximate surface area is 116 Å². The van der Waals surface area contributed by atoms with Gasteiger partial charge in [-0.3, -0.25) is 0 Å². The number of aliphatic hydroxyl groups excluding tert-OH is 1. The summed E-state index contributed by atoms with van der Waals surface area (Å²) in [7, 11) is 0. The number of benzene rings is 1. The highest BCUT2D eigenvalue weighted by Crippen LogP contribution is 2.28. The molecule has 0 aromatic heterocycles. The number of likely N-dealkylation sites (tertiary alicyclic amines) is 1. The van der Waals surface area contributed by atoms with Gasteiger partial charge in [0, 0.05) is 0 Å². The van der Waals surface area contributed by atoms with Gasteiger partial charge in [0.2, 0.25) is 0 Å². The van der Waals surface area contributed by atoms with Gasteiger partial charge in [0.25, 0.3) is 0 Å². The minimum atomic E-state index is -0.139. The van der Waals surface area contributed by atoms with Crippen LogP contribution >= 0.6 is 0 Å². The molecule has 2 atom stereocenters. The summed E-state index contributed by atoms with van der Waals surface area (Å²) in [5, 5.41) is 10.3. The third-order valence-electron chi connectivity index (χ3n) is 4.84. The zero-order valence-electron chi connectivity index (χ0n) is 11.7. The molecule has 1 N–H and O–H groups in total. The number of nitrogens with zero attached hydrogens (tertiary/aromatic N) is 1. The Morgan fingerprint density at radius 3 is 2.42 bits per heavy atom. The van der Waals surface area contributed by atoms with Gasteiger partial charge in [-0.15, -0.1) is 0 Å². The monoisotopic (exact) mass is 259 g/mol. The molecule has 0 saturated carbocycles. The van der Waals surface area contributed by atoms with E-state index < -0.39 is 0 Å². The molecule has 0 bridgehead atoms. The van der Waals surface area contributed by atoms with Gasteiger partial charge in [0.15, 0.2) is 0 Å². The van der Waals surface area contributed by atoms with Crippen molar-refractivity contribution in [1.82, 2.24) is 4.90 Å². The lowest BCUT2D eigenvalue weighted by molar-refractivity contribution is 0.0840. The molecule has 1 fully saturated rings. The summed E-state index contributed by atoms with van der Waals surface area (Å²) >= 11 is 0. The van der Waals surface area contributed by atoms with Crippen LogP contribution in [0.3, 0.4) is 0 Å². The minimum absolute atomic E-state index is 0.139. The fourth-order valence-electron chi connectivity index (χ4n) is 3.59. The van der Waals surface area contributed by atoms with Crippen LogP contribution in [0.4, 0.5) is 0 Å². The maximum Gasteiger partial charge on any atom is 0.0612 e. The Kier molecular flexibility index (Phi) is 4.19. The molecule has 0 amide bonds. The number of aliphatic hydroxyl groups is 1. The van der Waals surface area contributed by atoms with Crippen LogP contribution in [0, 0.1) is 5.92 Å². The van der Waals surface area contributed by atoms with Crippen molar-refractivity contribution >= 4 is 0 Å². The molecule has 104 valence electrons. The molecule has 1 saturated heterocycles. The van der Waals surface area contributed by atoms with Crippen molar-refractivity contribution < 1.29 is 5.11 Å². The van der Waals surface area contributed by atoms with E-state index in [2.05, 4.69) is 29.2 Å². The average Bonchev–Trinajstić information content (AvgIpc) is 2.46. The largest absolute Gasteiger partial charge is 0.392 e. The molecule has 0 radical (unpaired) electrons. The number of piperidine rings is 1. The van der Waals surface area contributed by atoms with Gasteiger partial charge in [-0.1, -0.05) is 30.7 Å². The molecule has 1 aromatic rings. The summed E-state index contributed by atoms with van der Waals surface area (Å²) < 4.78 is 0. The van der Waals surface area contributed by atoms with Crippen molar-refractivity contribution in [3.8, 4) is 0 Å². The van der Waals surface area contributed by atoms with Crippen molar-refractivity contribution in [1.29, 1.82) is 0 Å². The normalized spacial score (nSPS) is 28.1. The third kappa shape index (κ3) is 3.18. The number of fused-ring (bicyclic) bond motifs is 1. The first-order valence-corrected chi connectivity index (χ1v) is 7.80. The predicted molar refractivity (Wildman–Crippen MR) is 78.3 cm³/mol. The second kappa shape index (κ2) is 6.06. The molecular formula is C17H25NO. The standard InChI is InChI=1S/C17H25NO/c19-17-13-15-7-3-2-6-14(15)12-16(17)8-11-18-9-4-1-5-10-18/h2-3,6-7,16-17,19H,1,4-5,8-13H2/t16-,17-/m0/s1. The minimum Gasteiger partial charge on any atom is -0.392 e. The fraction of sp³-hybridized carbons (Fsp3) is 0.647. The average molecular weight is 259 g/mol. The smallest absolute Gasteiger partial charge is 0.0612 e. The summed E-state index contributed by atoms with van der Waals surface area (Å²) in [4.78, 5) is 2.58. The van der Waals surface area contributed by atoms with Crippen molar-refractivity contribution in [2.75, 3.05) is 19.6 Å². The molecule has 19 heavy (non-hydrogen) atoms. The van der Waals surface area contributed by atoms with E-state index in [1.807, 2.05) is 0 Å². The number of rotatable bonds is 3. The van der Waals surface area contributed by atoms with Crippen molar-refractivity contribution in [2.24, 2.45) is 5.92 Å². The van der Waals surface area contributed by atoms with E-state index in [4.69, 9.17) is 0 Å². The highest BCUT2D eigenvalue weighted by Gasteiger charge is 2.26. The van der Waals surface area contributed by atoms with E-state index in [9.17, 15) is 5.11 Å².